The molecule has 0 aromatic carbocycles. The Kier molecular flexibility index (Phi) is 5.08. The summed E-state index contributed by atoms with van der Waals surface area (Å²) >= 11 is 0. The Morgan fingerprint density at radius 2 is 2.04 bits per heavy atom. The van der Waals surface area contributed by atoms with Gasteiger partial charge in [0.05, 0.1) is 16.6 Å². The second-order valence-electron chi connectivity index (χ2n) is 7.47. The zero-order chi connectivity index (χ0) is 18.1. The number of aliphatic hydroxyl groups is 1. The number of nitrogens with zero attached hydrogens (tertiary/aromatic N) is 3. The van der Waals surface area contributed by atoms with E-state index in [1.54, 1.807) is 0 Å². The van der Waals surface area contributed by atoms with Gasteiger partial charge in [-0.05, 0) is 50.5 Å². The molecule has 3 rings (SSSR count). The van der Waals surface area contributed by atoms with Gasteiger partial charge in [0.2, 0.25) is 0 Å². The van der Waals surface area contributed by atoms with Gasteiger partial charge in [-0.15, -0.1) is 0 Å². The second kappa shape index (κ2) is 7.12. The monoisotopic (exact) mass is 345 g/mol. The third kappa shape index (κ3) is 3.40. The third-order valence-electron chi connectivity index (χ3n) is 5.40. The molecule has 1 aliphatic rings. The van der Waals surface area contributed by atoms with E-state index in [1.807, 2.05) is 38.8 Å². The van der Waals surface area contributed by atoms with Crippen LogP contribution >= 0.6 is 0 Å². The summed E-state index contributed by atoms with van der Waals surface area (Å²) in [6.45, 7) is 6.18. The predicted octanol–water partition coefficient (Wildman–Crippen LogP) is 3.28. The van der Waals surface area contributed by atoms with Crippen LogP contribution in [0.3, 0.4) is 0 Å². The highest BCUT2D eigenvalue weighted by atomic mass is 16.5. The first-order chi connectivity index (χ1) is 11.9. The molecule has 1 fully saturated rings. The van der Waals surface area contributed by atoms with Crippen LogP contribution in [0.5, 0.6) is 0 Å². The van der Waals surface area contributed by atoms with Gasteiger partial charge in [-0.25, -0.2) is 4.98 Å². The van der Waals surface area contributed by atoms with E-state index < -0.39 is 0 Å². The summed E-state index contributed by atoms with van der Waals surface area (Å²) in [5, 5.41) is 14.0. The van der Waals surface area contributed by atoms with Crippen molar-refractivity contribution in [2.24, 2.45) is 5.92 Å². The summed E-state index contributed by atoms with van der Waals surface area (Å²) in [6.07, 6.45) is 3.80. The van der Waals surface area contributed by atoms with Crippen LogP contribution in [0.25, 0.3) is 11.1 Å². The predicted molar refractivity (Wildman–Crippen MR) is 95.6 cm³/mol. The number of hydrogen-bond donors (Lipinski definition) is 1. The molecule has 2 aromatic heterocycles. The summed E-state index contributed by atoms with van der Waals surface area (Å²) in [5.41, 5.74) is 2.59. The molecule has 0 atom stereocenters. The molecular formula is C19H27N3O3. The lowest BCUT2D eigenvalue weighted by atomic mass is 9.86. The molecule has 0 unspecified atom stereocenters. The van der Waals surface area contributed by atoms with Gasteiger partial charge in [-0.1, -0.05) is 19.0 Å². The molecule has 2 aromatic rings. The summed E-state index contributed by atoms with van der Waals surface area (Å²) in [5.74, 6) is 0.569. The van der Waals surface area contributed by atoms with Gasteiger partial charge < -0.3 is 14.5 Å². The Bertz CT molecular complexity index is 761. The van der Waals surface area contributed by atoms with E-state index in [2.05, 4.69) is 10.1 Å². The smallest absolute Gasteiger partial charge is 0.259 e. The molecule has 25 heavy (non-hydrogen) atoms. The van der Waals surface area contributed by atoms with Crippen LogP contribution in [0.1, 0.15) is 67.2 Å². The van der Waals surface area contributed by atoms with Crippen molar-refractivity contribution in [3.8, 4) is 0 Å². The van der Waals surface area contributed by atoms with Crippen LogP contribution in [0.2, 0.25) is 0 Å². The number of aromatic nitrogens is 2. The van der Waals surface area contributed by atoms with Crippen LogP contribution in [0, 0.1) is 12.8 Å². The van der Waals surface area contributed by atoms with Gasteiger partial charge in [0, 0.05) is 25.4 Å². The maximum atomic E-state index is 13.2. The standard InChI is InChI=1S/C19H27N3O3/c1-11(2)16-9-15(17-12(3)21-25-18(17)20-16)19(24)22(4)14-7-5-13(10-23)6-8-14/h9,11,13-14,23H,5-8,10H2,1-4H3. The minimum atomic E-state index is -0.00644. The van der Waals surface area contributed by atoms with E-state index in [0.717, 1.165) is 31.4 Å². The number of aliphatic hydroxyl groups excluding tert-OH is 1. The summed E-state index contributed by atoms with van der Waals surface area (Å²) in [4.78, 5) is 19.6. The summed E-state index contributed by atoms with van der Waals surface area (Å²) in [6, 6.07) is 2.09. The topological polar surface area (TPSA) is 79.5 Å². The molecule has 1 aliphatic carbocycles. The van der Waals surface area contributed by atoms with Gasteiger partial charge in [0.25, 0.3) is 11.6 Å². The van der Waals surface area contributed by atoms with Crippen molar-refractivity contribution >= 4 is 17.0 Å². The SMILES string of the molecule is Cc1noc2nc(C(C)C)cc(C(=O)N(C)C3CCC(CO)CC3)c12. The molecule has 136 valence electrons. The number of rotatable bonds is 4. The zero-order valence-corrected chi connectivity index (χ0v) is 15.5. The van der Waals surface area contributed by atoms with Crippen molar-refractivity contribution in [2.75, 3.05) is 13.7 Å². The second-order valence-corrected chi connectivity index (χ2v) is 7.47. The number of pyridine rings is 1. The number of carbonyl (C=O) groups is 1. The van der Waals surface area contributed by atoms with Gasteiger partial charge in [0.15, 0.2) is 0 Å². The molecule has 0 radical (unpaired) electrons. The van der Waals surface area contributed by atoms with Crippen molar-refractivity contribution in [1.29, 1.82) is 0 Å². The molecule has 1 N–H and O–H groups in total. The maximum Gasteiger partial charge on any atom is 0.259 e. The average Bonchev–Trinajstić information content (AvgIpc) is 3.01. The molecule has 6 nitrogen and oxygen atoms in total. The fourth-order valence-corrected chi connectivity index (χ4v) is 3.65. The fourth-order valence-electron chi connectivity index (χ4n) is 3.65. The number of aryl methyl sites for hydroxylation is 1. The van der Waals surface area contributed by atoms with E-state index in [1.165, 1.54) is 0 Å². The lowest BCUT2D eigenvalue weighted by molar-refractivity contribution is 0.0654. The molecule has 1 amide bonds. The highest BCUT2D eigenvalue weighted by Gasteiger charge is 2.29. The number of amides is 1. The summed E-state index contributed by atoms with van der Waals surface area (Å²) < 4.78 is 5.32. The third-order valence-corrected chi connectivity index (χ3v) is 5.40. The number of hydrogen-bond acceptors (Lipinski definition) is 5. The minimum absolute atomic E-state index is 0.00644. The molecule has 0 aliphatic heterocycles. The van der Waals surface area contributed by atoms with Gasteiger partial charge in [-0.2, -0.15) is 0 Å². The maximum absolute atomic E-state index is 13.2. The van der Waals surface area contributed by atoms with Crippen LogP contribution in [0.15, 0.2) is 10.6 Å². The molecule has 0 saturated heterocycles. The normalized spacial score (nSPS) is 21.0. The fraction of sp³-hybridized carbons (Fsp3) is 0.632. The Labute approximate surface area is 148 Å². The first-order valence-electron chi connectivity index (χ1n) is 9.07. The van der Waals surface area contributed by atoms with E-state index in [4.69, 9.17) is 4.52 Å². The first kappa shape index (κ1) is 17.9. The van der Waals surface area contributed by atoms with Crippen LogP contribution in [-0.2, 0) is 0 Å². The van der Waals surface area contributed by atoms with Crippen molar-refractivity contribution in [1.82, 2.24) is 15.0 Å². The number of carbonyl (C=O) groups excluding carboxylic acids is 1. The van der Waals surface area contributed by atoms with E-state index >= 15 is 0 Å². The highest BCUT2D eigenvalue weighted by molar-refractivity contribution is 6.06. The zero-order valence-electron chi connectivity index (χ0n) is 15.5. The highest BCUT2D eigenvalue weighted by Crippen LogP contribution is 2.30. The van der Waals surface area contributed by atoms with Crippen LogP contribution < -0.4 is 0 Å². The first-order valence-corrected chi connectivity index (χ1v) is 9.07. The summed E-state index contributed by atoms with van der Waals surface area (Å²) in [7, 11) is 1.87. The molecule has 1 saturated carbocycles. The lowest BCUT2D eigenvalue weighted by Gasteiger charge is -2.34. The molecule has 6 heteroatoms. The Morgan fingerprint density at radius 3 is 2.64 bits per heavy atom. The van der Waals surface area contributed by atoms with E-state index in [9.17, 15) is 9.90 Å². The molecule has 2 heterocycles. The quantitative estimate of drug-likeness (QED) is 0.920. The average molecular weight is 345 g/mol. The molecular weight excluding hydrogens is 318 g/mol. The van der Waals surface area contributed by atoms with E-state index in [0.29, 0.717) is 28.3 Å². The van der Waals surface area contributed by atoms with Gasteiger partial charge >= 0.3 is 0 Å². The minimum Gasteiger partial charge on any atom is -0.396 e. The van der Waals surface area contributed by atoms with Gasteiger partial charge in [-0.3, -0.25) is 4.79 Å². The Morgan fingerprint density at radius 1 is 1.36 bits per heavy atom. The molecule has 0 bridgehead atoms. The van der Waals surface area contributed by atoms with Crippen LogP contribution in [-0.4, -0.2) is 45.8 Å². The Hall–Kier alpha value is -1.95. The Balaban J connectivity index is 1.92. The van der Waals surface area contributed by atoms with Crippen molar-refractivity contribution in [3.63, 3.8) is 0 Å². The van der Waals surface area contributed by atoms with Crippen molar-refractivity contribution in [3.05, 3.63) is 23.0 Å². The van der Waals surface area contributed by atoms with Crippen molar-refractivity contribution < 1.29 is 14.4 Å². The lowest BCUT2D eigenvalue weighted by Crippen LogP contribution is -2.40. The number of fused-ring (bicyclic) bond motifs is 1. The van der Waals surface area contributed by atoms with Gasteiger partial charge in [0.1, 0.15) is 0 Å². The van der Waals surface area contributed by atoms with Crippen molar-refractivity contribution in [2.45, 2.75) is 58.4 Å². The van der Waals surface area contributed by atoms with Crippen LogP contribution in [0.4, 0.5) is 0 Å². The molecule has 0 spiro atoms. The largest absolute Gasteiger partial charge is 0.396 e. The van der Waals surface area contributed by atoms with E-state index in [-0.39, 0.29) is 24.5 Å².